The fourth-order valence-electron chi connectivity index (χ4n) is 1.94. The van der Waals surface area contributed by atoms with Gasteiger partial charge in [-0.25, -0.2) is 4.68 Å². The Morgan fingerprint density at radius 3 is 2.65 bits per heavy atom. The number of nitrogens with zero attached hydrogens (tertiary/aromatic N) is 2. The fourth-order valence-corrected chi connectivity index (χ4v) is 2.11. The molecule has 0 amide bonds. The van der Waals surface area contributed by atoms with Gasteiger partial charge in [-0.2, -0.15) is 5.10 Å². The molecule has 0 unspecified atom stereocenters. The van der Waals surface area contributed by atoms with Gasteiger partial charge in [0.05, 0.1) is 17.4 Å². The zero-order valence-electron chi connectivity index (χ0n) is 9.18. The van der Waals surface area contributed by atoms with E-state index >= 15 is 0 Å². The molecule has 0 saturated heterocycles. The van der Waals surface area contributed by atoms with E-state index in [1.54, 1.807) is 0 Å². The molecule has 0 N–H and O–H groups in total. The first-order valence-corrected chi connectivity index (χ1v) is 6.00. The molecule has 0 atom stereocenters. The minimum absolute atomic E-state index is 0.534. The first-order valence-electron chi connectivity index (χ1n) is 5.46. The van der Waals surface area contributed by atoms with Crippen molar-refractivity contribution in [2.45, 2.75) is 5.88 Å². The van der Waals surface area contributed by atoms with E-state index in [9.17, 15) is 0 Å². The summed E-state index contributed by atoms with van der Waals surface area (Å²) in [5.41, 5.74) is 3.29. The molecule has 1 heterocycles. The average molecular weight is 243 g/mol. The molecular weight excluding hydrogens is 232 g/mol. The second-order valence-electron chi connectivity index (χ2n) is 3.92. The number of benzene rings is 2. The zero-order chi connectivity index (χ0) is 11.7. The second kappa shape index (κ2) is 4.22. The summed E-state index contributed by atoms with van der Waals surface area (Å²) in [5.74, 6) is 0.534. The van der Waals surface area contributed by atoms with Gasteiger partial charge in [-0.3, -0.25) is 0 Å². The number of alkyl halides is 1. The number of fused-ring (bicyclic) bond motifs is 1. The highest BCUT2D eigenvalue weighted by Gasteiger charge is 2.04. The first kappa shape index (κ1) is 10.4. The summed E-state index contributed by atoms with van der Waals surface area (Å²) in [6.07, 6.45) is 1.87. The molecule has 2 nitrogen and oxygen atoms in total. The Labute approximate surface area is 104 Å². The average Bonchev–Trinajstić information content (AvgIpc) is 2.82. The molecule has 0 fully saturated rings. The van der Waals surface area contributed by atoms with E-state index in [1.807, 2.05) is 47.3 Å². The van der Waals surface area contributed by atoms with Crippen molar-refractivity contribution in [3.63, 3.8) is 0 Å². The Kier molecular flexibility index (Phi) is 2.57. The molecule has 3 rings (SSSR count). The standard InChI is InChI=1S/C14H11ClN2/c15-9-11-6-7-14-12(8-11)10-16-17(14)13-4-2-1-3-5-13/h1-8,10H,9H2. The number of halogens is 1. The maximum Gasteiger partial charge on any atom is 0.0741 e. The maximum atomic E-state index is 5.82. The van der Waals surface area contributed by atoms with Crippen molar-refractivity contribution in [2.24, 2.45) is 0 Å². The van der Waals surface area contributed by atoms with E-state index in [0.29, 0.717) is 5.88 Å². The van der Waals surface area contributed by atoms with Crippen LogP contribution in [-0.4, -0.2) is 9.78 Å². The second-order valence-corrected chi connectivity index (χ2v) is 4.19. The molecular formula is C14H11ClN2. The van der Waals surface area contributed by atoms with Crippen molar-refractivity contribution in [3.05, 3.63) is 60.3 Å². The van der Waals surface area contributed by atoms with Gasteiger partial charge in [0.15, 0.2) is 0 Å². The Morgan fingerprint density at radius 1 is 1.06 bits per heavy atom. The van der Waals surface area contributed by atoms with Gasteiger partial charge in [0.25, 0.3) is 0 Å². The van der Waals surface area contributed by atoms with Crippen LogP contribution in [-0.2, 0) is 5.88 Å². The lowest BCUT2D eigenvalue weighted by atomic mass is 10.2. The van der Waals surface area contributed by atoms with E-state index in [4.69, 9.17) is 11.6 Å². The van der Waals surface area contributed by atoms with E-state index in [0.717, 1.165) is 22.2 Å². The first-order chi connectivity index (χ1) is 8.38. The van der Waals surface area contributed by atoms with Crippen LogP contribution in [0.25, 0.3) is 16.6 Å². The molecule has 0 saturated carbocycles. The summed E-state index contributed by atoms with van der Waals surface area (Å²) in [4.78, 5) is 0. The van der Waals surface area contributed by atoms with E-state index in [1.165, 1.54) is 0 Å². The van der Waals surface area contributed by atoms with E-state index < -0.39 is 0 Å². The van der Waals surface area contributed by atoms with Crippen molar-refractivity contribution >= 4 is 22.5 Å². The lowest BCUT2D eigenvalue weighted by Crippen LogP contribution is -1.94. The highest BCUT2D eigenvalue weighted by molar-refractivity contribution is 6.17. The highest BCUT2D eigenvalue weighted by Crippen LogP contribution is 2.20. The molecule has 0 aliphatic rings. The Hall–Kier alpha value is -1.80. The molecule has 3 aromatic rings. The van der Waals surface area contributed by atoms with Crippen molar-refractivity contribution in [2.75, 3.05) is 0 Å². The van der Waals surface area contributed by atoms with Crippen molar-refractivity contribution in [1.82, 2.24) is 9.78 Å². The quantitative estimate of drug-likeness (QED) is 0.626. The highest BCUT2D eigenvalue weighted by atomic mass is 35.5. The van der Waals surface area contributed by atoms with Crippen LogP contribution >= 0.6 is 11.6 Å². The topological polar surface area (TPSA) is 17.8 Å². The summed E-state index contributed by atoms with van der Waals surface area (Å²) >= 11 is 5.82. The third-order valence-electron chi connectivity index (χ3n) is 2.79. The van der Waals surface area contributed by atoms with Gasteiger partial charge in [0, 0.05) is 11.3 Å². The molecule has 0 spiro atoms. The smallest absolute Gasteiger partial charge is 0.0741 e. The predicted octanol–water partition coefficient (Wildman–Crippen LogP) is 3.76. The molecule has 0 aliphatic carbocycles. The van der Waals surface area contributed by atoms with Crippen LogP contribution < -0.4 is 0 Å². The number of hydrogen-bond donors (Lipinski definition) is 0. The molecule has 1 aromatic heterocycles. The predicted molar refractivity (Wildman–Crippen MR) is 70.6 cm³/mol. The number of hydrogen-bond acceptors (Lipinski definition) is 1. The largest absolute Gasteiger partial charge is 0.233 e. The minimum atomic E-state index is 0.534. The van der Waals surface area contributed by atoms with Crippen LogP contribution in [0.2, 0.25) is 0 Å². The lowest BCUT2D eigenvalue weighted by Gasteiger charge is -2.03. The molecule has 3 heteroatoms. The molecule has 17 heavy (non-hydrogen) atoms. The summed E-state index contributed by atoms with van der Waals surface area (Å²) in [7, 11) is 0. The van der Waals surface area contributed by atoms with Gasteiger partial charge < -0.3 is 0 Å². The SMILES string of the molecule is ClCc1ccc2c(cnn2-c2ccccc2)c1. The zero-order valence-corrected chi connectivity index (χ0v) is 9.93. The van der Waals surface area contributed by atoms with E-state index in [2.05, 4.69) is 17.2 Å². The summed E-state index contributed by atoms with van der Waals surface area (Å²) < 4.78 is 1.94. The Morgan fingerprint density at radius 2 is 1.88 bits per heavy atom. The normalized spacial score (nSPS) is 10.9. The van der Waals surface area contributed by atoms with Crippen LogP contribution in [0.15, 0.2) is 54.7 Å². The Balaban J connectivity index is 2.19. The number of aromatic nitrogens is 2. The van der Waals surface area contributed by atoms with Gasteiger partial charge in [0.2, 0.25) is 0 Å². The summed E-state index contributed by atoms with van der Waals surface area (Å²) in [6.45, 7) is 0. The molecule has 84 valence electrons. The number of rotatable bonds is 2. The van der Waals surface area contributed by atoms with Gasteiger partial charge in [-0.15, -0.1) is 11.6 Å². The van der Waals surface area contributed by atoms with Gasteiger partial charge in [-0.1, -0.05) is 24.3 Å². The van der Waals surface area contributed by atoms with Gasteiger partial charge >= 0.3 is 0 Å². The van der Waals surface area contributed by atoms with Gasteiger partial charge in [0.1, 0.15) is 0 Å². The summed E-state index contributed by atoms with van der Waals surface area (Å²) in [5, 5.41) is 5.53. The minimum Gasteiger partial charge on any atom is -0.233 e. The maximum absolute atomic E-state index is 5.82. The van der Waals surface area contributed by atoms with Crippen molar-refractivity contribution in [3.8, 4) is 5.69 Å². The van der Waals surface area contributed by atoms with Crippen LogP contribution in [0.3, 0.4) is 0 Å². The van der Waals surface area contributed by atoms with Crippen molar-refractivity contribution in [1.29, 1.82) is 0 Å². The molecule has 0 bridgehead atoms. The molecule has 2 aromatic carbocycles. The summed E-state index contributed by atoms with van der Waals surface area (Å²) in [6, 6.07) is 16.3. The fraction of sp³-hybridized carbons (Fsp3) is 0.0714. The van der Waals surface area contributed by atoms with Crippen LogP contribution in [0.1, 0.15) is 5.56 Å². The van der Waals surface area contributed by atoms with Gasteiger partial charge in [-0.05, 0) is 29.8 Å². The van der Waals surface area contributed by atoms with Crippen LogP contribution in [0, 0.1) is 0 Å². The van der Waals surface area contributed by atoms with Crippen molar-refractivity contribution < 1.29 is 0 Å². The third-order valence-corrected chi connectivity index (χ3v) is 3.10. The Bertz CT molecular complexity index is 644. The molecule has 0 radical (unpaired) electrons. The molecule has 0 aliphatic heterocycles. The lowest BCUT2D eigenvalue weighted by molar-refractivity contribution is 0.911. The monoisotopic (exact) mass is 242 g/mol. The van der Waals surface area contributed by atoms with Crippen LogP contribution in [0.4, 0.5) is 0 Å². The van der Waals surface area contributed by atoms with Crippen LogP contribution in [0.5, 0.6) is 0 Å². The third kappa shape index (κ3) is 1.81. The number of para-hydroxylation sites is 1. The van der Waals surface area contributed by atoms with E-state index in [-0.39, 0.29) is 0 Å².